The van der Waals surface area contributed by atoms with Crippen LogP contribution in [0, 0.1) is 17.8 Å². The molecule has 8 nitrogen and oxygen atoms in total. The van der Waals surface area contributed by atoms with Gasteiger partial charge in [0.1, 0.15) is 17.6 Å². The molecule has 2 N–H and O–H groups in total. The normalized spacial score (nSPS) is 32.1. The largest absolute Gasteiger partial charge is 0.481 e. The Balaban J connectivity index is 1.60. The predicted molar refractivity (Wildman–Crippen MR) is 139 cm³/mol. The number of hydrogen-bond acceptors (Lipinski definition) is 5. The minimum atomic E-state index is -1.22. The molecule has 8 heteroatoms. The van der Waals surface area contributed by atoms with E-state index in [1.165, 1.54) is 4.90 Å². The van der Waals surface area contributed by atoms with Crippen molar-refractivity contribution in [3.63, 3.8) is 0 Å². The molecule has 2 bridgehead atoms. The second-order valence-electron chi connectivity index (χ2n) is 10.8. The third-order valence-corrected chi connectivity index (χ3v) is 8.74. The topological polar surface area (TPSA) is 107 Å². The third kappa shape index (κ3) is 3.68. The van der Waals surface area contributed by atoms with E-state index in [1.54, 1.807) is 17.9 Å². The highest BCUT2D eigenvalue weighted by atomic mass is 16.5. The molecule has 3 fully saturated rings. The molecule has 6 atom stereocenters. The van der Waals surface area contributed by atoms with Crippen molar-refractivity contribution in [2.45, 2.75) is 50.4 Å². The van der Waals surface area contributed by atoms with E-state index in [2.05, 4.69) is 6.58 Å². The van der Waals surface area contributed by atoms with E-state index >= 15 is 0 Å². The second-order valence-corrected chi connectivity index (χ2v) is 10.8. The summed E-state index contributed by atoms with van der Waals surface area (Å²) in [5.74, 6) is -3.84. The first-order valence-corrected chi connectivity index (χ1v) is 12.9. The Morgan fingerprint density at radius 2 is 1.95 bits per heavy atom. The number of likely N-dealkylation sites (tertiary alicyclic amines) is 1. The molecule has 3 saturated heterocycles. The summed E-state index contributed by atoms with van der Waals surface area (Å²) in [6.45, 7) is 7.99. The van der Waals surface area contributed by atoms with E-state index in [1.807, 2.05) is 49.4 Å². The number of aliphatic carboxylic acids is 1. The molecule has 1 spiro atoms. The van der Waals surface area contributed by atoms with Crippen molar-refractivity contribution >= 4 is 34.2 Å². The monoisotopic (exact) mass is 506 g/mol. The number of fused-ring (bicyclic) bond motifs is 2. The molecule has 196 valence electrons. The van der Waals surface area contributed by atoms with Crippen molar-refractivity contribution in [1.82, 2.24) is 4.90 Å². The van der Waals surface area contributed by atoms with E-state index in [0.717, 1.165) is 10.8 Å². The average Bonchev–Trinajstić information content (AvgIpc) is 3.39. The minimum absolute atomic E-state index is 0.0295. The first-order chi connectivity index (χ1) is 17.7. The highest BCUT2D eigenvalue weighted by Crippen LogP contribution is 2.65. The van der Waals surface area contributed by atoms with Crippen molar-refractivity contribution in [2.24, 2.45) is 17.8 Å². The number of carboxylic acids is 1. The highest BCUT2D eigenvalue weighted by molar-refractivity contribution is 6.05. The van der Waals surface area contributed by atoms with Crippen LogP contribution in [0.25, 0.3) is 10.8 Å². The molecule has 3 aliphatic heterocycles. The van der Waals surface area contributed by atoms with Crippen LogP contribution in [0.4, 0.5) is 5.69 Å². The summed E-state index contributed by atoms with van der Waals surface area (Å²) in [4.78, 5) is 43.9. The Kier molecular flexibility index (Phi) is 6.36. The lowest BCUT2D eigenvalue weighted by Crippen LogP contribution is -2.57. The van der Waals surface area contributed by atoms with E-state index in [9.17, 15) is 24.6 Å². The average molecular weight is 507 g/mol. The number of carboxylic acid groups (broad SMARTS) is 1. The first kappa shape index (κ1) is 25.4. The molecule has 3 unspecified atom stereocenters. The zero-order chi connectivity index (χ0) is 26.5. The van der Waals surface area contributed by atoms with Gasteiger partial charge in [0.25, 0.3) is 5.91 Å². The number of unbranched alkanes of at least 4 members (excludes halogenated alkanes) is 1. The predicted octanol–water partition coefficient (Wildman–Crippen LogP) is 3.23. The van der Waals surface area contributed by atoms with Crippen molar-refractivity contribution < 1.29 is 29.3 Å². The van der Waals surface area contributed by atoms with Gasteiger partial charge in [-0.1, -0.05) is 43.3 Å². The Bertz CT molecular complexity index is 1260. The lowest BCUT2D eigenvalue weighted by molar-refractivity contribution is -0.156. The maximum atomic E-state index is 14.5. The number of aliphatic hydroxyl groups is 1. The number of carbonyl (C=O) groups is 3. The zero-order valence-electron chi connectivity index (χ0n) is 21.3. The van der Waals surface area contributed by atoms with Gasteiger partial charge in [0.05, 0.1) is 11.5 Å². The molecule has 0 aromatic heterocycles. The van der Waals surface area contributed by atoms with Crippen LogP contribution in [0.3, 0.4) is 0 Å². The molecular formula is C29H34N2O6. The number of rotatable bonds is 9. The standard InChI is InChI=1S/C29H34N2O6/c1-4-13-30(21-12-11-19-9-5-6-10-20(19)16-21)26(34)24-29-17-18(2)28(3,37-29)23(27(35)36)22(29)25(33)31(24)14-7-8-15-32/h4-6,9-12,16,18,22-24,32H,1,7-8,13-15,17H2,2-3H3,(H,35,36)/t18?,22-,23+,24?,28-,29?/m0/s1. The van der Waals surface area contributed by atoms with E-state index in [0.29, 0.717) is 24.9 Å². The van der Waals surface area contributed by atoms with Crippen LogP contribution in [0.1, 0.15) is 33.1 Å². The summed E-state index contributed by atoms with van der Waals surface area (Å²) < 4.78 is 6.57. The molecule has 3 heterocycles. The van der Waals surface area contributed by atoms with Crippen molar-refractivity contribution in [3.05, 3.63) is 55.1 Å². The number of carbonyl (C=O) groups excluding carboxylic acids is 2. The molecule has 5 rings (SSSR count). The van der Waals surface area contributed by atoms with Crippen LogP contribution in [0.5, 0.6) is 0 Å². The van der Waals surface area contributed by atoms with E-state index < -0.39 is 35.0 Å². The van der Waals surface area contributed by atoms with E-state index in [4.69, 9.17) is 4.74 Å². The molecular weight excluding hydrogens is 472 g/mol. The fourth-order valence-corrected chi connectivity index (χ4v) is 6.97. The number of hydrogen-bond donors (Lipinski definition) is 2. The lowest BCUT2D eigenvalue weighted by atomic mass is 9.62. The molecule has 2 amide bonds. The van der Waals surface area contributed by atoms with Crippen molar-refractivity contribution in [1.29, 1.82) is 0 Å². The van der Waals surface area contributed by atoms with Crippen LogP contribution >= 0.6 is 0 Å². The second kappa shape index (κ2) is 9.26. The van der Waals surface area contributed by atoms with Gasteiger partial charge in [-0.25, -0.2) is 0 Å². The molecule has 37 heavy (non-hydrogen) atoms. The van der Waals surface area contributed by atoms with Gasteiger partial charge in [-0.3, -0.25) is 14.4 Å². The molecule has 2 aromatic carbocycles. The lowest BCUT2D eigenvalue weighted by Gasteiger charge is -2.37. The summed E-state index contributed by atoms with van der Waals surface area (Å²) in [7, 11) is 0. The van der Waals surface area contributed by atoms with Gasteiger partial charge in [0, 0.05) is 25.4 Å². The summed E-state index contributed by atoms with van der Waals surface area (Å²) in [5, 5.41) is 21.5. The van der Waals surface area contributed by atoms with Gasteiger partial charge >= 0.3 is 5.97 Å². The number of ether oxygens (including phenoxy) is 1. The van der Waals surface area contributed by atoms with Gasteiger partial charge in [-0.2, -0.15) is 0 Å². The molecule has 0 radical (unpaired) electrons. The Labute approximate surface area is 216 Å². The van der Waals surface area contributed by atoms with Gasteiger partial charge in [-0.05, 0) is 55.0 Å². The molecule has 0 saturated carbocycles. The van der Waals surface area contributed by atoms with Gasteiger partial charge in [0.2, 0.25) is 5.91 Å². The Hall–Kier alpha value is -3.23. The number of nitrogens with zero attached hydrogens (tertiary/aromatic N) is 2. The quantitative estimate of drug-likeness (QED) is 0.400. The van der Waals surface area contributed by atoms with Crippen LogP contribution in [-0.4, -0.2) is 69.8 Å². The summed E-state index contributed by atoms with van der Waals surface area (Å²) in [5.41, 5.74) is -1.58. The fourth-order valence-electron chi connectivity index (χ4n) is 6.97. The highest BCUT2D eigenvalue weighted by Gasteiger charge is 2.80. The summed E-state index contributed by atoms with van der Waals surface area (Å²) >= 11 is 0. The smallest absolute Gasteiger partial charge is 0.310 e. The van der Waals surface area contributed by atoms with Gasteiger partial charge in [-0.15, -0.1) is 6.58 Å². The van der Waals surface area contributed by atoms with Crippen LogP contribution in [-0.2, 0) is 19.1 Å². The van der Waals surface area contributed by atoms with Crippen LogP contribution in [0.15, 0.2) is 55.1 Å². The first-order valence-electron chi connectivity index (χ1n) is 12.9. The Morgan fingerprint density at radius 3 is 2.62 bits per heavy atom. The minimum Gasteiger partial charge on any atom is -0.481 e. The molecule has 3 aliphatic rings. The van der Waals surface area contributed by atoms with Crippen molar-refractivity contribution in [3.8, 4) is 0 Å². The zero-order valence-corrected chi connectivity index (χ0v) is 21.3. The van der Waals surface area contributed by atoms with Crippen molar-refractivity contribution in [2.75, 3.05) is 24.6 Å². The molecule has 0 aliphatic carbocycles. The summed E-state index contributed by atoms with van der Waals surface area (Å²) in [6.07, 6.45) is 3.04. The van der Waals surface area contributed by atoms with E-state index in [-0.39, 0.29) is 37.4 Å². The van der Waals surface area contributed by atoms with Crippen LogP contribution in [0.2, 0.25) is 0 Å². The van der Waals surface area contributed by atoms with Gasteiger partial charge < -0.3 is 24.7 Å². The number of amides is 2. The number of aliphatic hydroxyl groups excluding tert-OH is 1. The molecule has 2 aromatic rings. The maximum absolute atomic E-state index is 14.5. The number of benzene rings is 2. The number of anilines is 1. The fraction of sp³-hybridized carbons (Fsp3) is 0.483. The summed E-state index contributed by atoms with van der Waals surface area (Å²) in [6, 6.07) is 12.7. The Morgan fingerprint density at radius 1 is 1.22 bits per heavy atom. The van der Waals surface area contributed by atoms with Gasteiger partial charge in [0.15, 0.2) is 0 Å². The SMILES string of the molecule is C=CCN(C(=O)C1N(CCCCO)C(=O)[C@@H]2[C@H](C(=O)O)[C@@]3(C)OC12CC3C)c1ccc2ccccc2c1. The maximum Gasteiger partial charge on any atom is 0.310 e. The third-order valence-electron chi connectivity index (χ3n) is 8.74. The van der Waals surface area contributed by atoms with Crippen LogP contribution < -0.4 is 4.90 Å².